The van der Waals surface area contributed by atoms with E-state index < -0.39 is 0 Å². The molecule has 6 heteroatoms. The molecule has 1 aliphatic rings. The number of amides is 2. The maximum Gasteiger partial charge on any atom is 0.231 e. The van der Waals surface area contributed by atoms with Gasteiger partial charge in [0.1, 0.15) is 0 Å². The van der Waals surface area contributed by atoms with Gasteiger partial charge in [-0.25, -0.2) is 4.98 Å². The monoisotopic (exact) mass is 295 g/mol. The highest BCUT2D eigenvalue weighted by Gasteiger charge is 2.30. The van der Waals surface area contributed by atoms with Crippen molar-refractivity contribution in [2.75, 3.05) is 18.4 Å². The van der Waals surface area contributed by atoms with Gasteiger partial charge >= 0.3 is 0 Å². The summed E-state index contributed by atoms with van der Waals surface area (Å²) in [5.41, 5.74) is 0. The largest absolute Gasteiger partial charge is 0.342 e. The van der Waals surface area contributed by atoms with E-state index in [4.69, 9.17) is 0 Å². The van der Waals surface area contributed by atoms with E-state index in [1.54, 1.807) is 6.20 Å². The zero-order valence-electron chi connectivity index (χ0n) is 12.0. The van der Waals surface area contributed by atoms with Crippen molar-refractivity contribution < 1.29 is 9.59 Å². The van der Waals surface area contributed by atoms with E-state index in [2.05, 4.69) is 10.3 Å². The molecular weight excluding hydrogens is 274 g/mol. The molecule has 1 aliphatic heterocycles. The van der Waals surface area contributed by atoms with E-state index in [1.807, 2.05) is 24.1 Å². The van der Waals surface area contributed by atoms with Crippen LogP contribution >= 0.6 is 11.3 Å². The molecule has 2 amide bonds. The molecule has 5 nitrogen and oxygen atoms in total. The molecule has 1 saturated heterocycles. The number of carbonyl (C=O) groups is 2. The van der Waals surface area contributed by atoms with Crippen LogP contribution in [0.25, 0.3) is 0 Å². The molecule has 20 heavy (non-hydrogen) atoms. The van der Waals surface area contributed by atoms with Gasteiger partial charge in [0.15, 0.2) is 5.13 Å². The van der Waals surface area contributed by atoms with Crippen LogP contribution in [0.3, 0.4) is 0 Å². The molecular formula is C14H21N3O2S. The number of thiazole rings is 1. The van der Waals surface area contributed by atoms with Crippen molar-refractivity contribution in [2.45, 2.75) is 33.1 Å². The van der Waals surface area contributed by atoms with Crippen LogP contribution in [0, 0.1) is 11.8 Å². The Hall–Kier alpha value is -1.43. The molecule has 1 aromatic heterocycles. The van der Waals surface area contributed by atoms with Gasteiger partial charge in [0.05, 0.1) is 5.92 Å². The third kappa shape index (κ3) is 3.56. The number of nitrogens with one attached hydrogen (secondary N) is 1. The molecule has 0 spiro atoms. The maximum absolute atomic E-state index is 12.2. The number of nitrogens with zero attached hydrogens (tertiary/aromatic N) is 2. The van der Waals surface area contributed by atoms with Crippen molar-refractivity contribution in [3.8, 4) is 0 Å². The van der Waals surface area contributed by atoms with E-state index >= 15 is 0 Å². The Bertz CT molecular complexity index is 461. The number of rotatable bonds is 4. The summed E-state index contributed by atoms with van der Waals surface area (Å²) < 4.78 is 0. The van der Waals surface area contributed by atoms with Crippen LogP contribution in [0.15, 0.2) is 11.6 Å². The van der Waals surface area contributed by atoms with E-state index in [0.717, 1.165) is 25.8 Å². The maximum atomic E-state index is 12.2. The molecule has 0 radical (unpaired) electrons. The normalized spacial score (nSPS) is 20.5. The lowest BCUT2D eigenvalue weighted by atomic mass is 9.95. The number of piperidine rings is 1. The van der Waals surface area contributed by atoms with Crippen LogP contribution in [0.4, 0.5) is 5.13 Å². The first kappa shape index (κ1) is 15.0. The first-order chi connectivity index (χ1) is 9.61. The first-order valence-corrected chi connectivity index (χ1v) is 7.99. The highest BCUT2D eigenvalue weighted by molar-refractivity contribution is 7.13. The van der Waals surface area contributed by atoms with E-state index in [-0.39, 0.29) is 23.7 Å². The molecule has 0 bridgehead atoms. The average Bonchev–Trinajstić information content (AvgIpc) is 2.98. The van der Waals surface area contributed by atoms with Gasteiger partial charge in [-0.3, -0.25) is 9.59 Å². The number of aromatic nitrogens is 1. The summed E-state index contributed by atoms with van der Waals surface area (Å²) >= 11 is 1.41. The van der Waals surface area contributed by atoms with Crippen LogP contribution in [0.5, 0.6) is 0 Å². The van der Waals surface area contributed by atoms with Crippen molar-refractivity contribution in [1.82, 2.24) is 9.88 Å². The van der Waals surface area contributed by atoms with E-state index in [0.29, 0.717) is 11.7 Å². The van der Waals surface area contributed by atoms with Crippen molar-refractivity contribution in [3.05, 3.63) is 11.6 Å². The quantitative estimate of drug-likeness (QED) is 0.927. The summed E-state index contributed by atoms with van der Waals surface area (Å²) in [6, 6.07) is 0. The first-order valence-electron chi connectivity index (χ1n) is 7.11. The van der Waals surface area contributed by atoms with Gasteiger partial charge in [0.25, 0.3) is 0 Å². The Kier molecular flexibility index (Phi) is 5.11. The van der Waals surface area contributed by atoms with Gasteiger partial charge < -0.3 is 10.2 Å². The van der Waals surface area contributed by atoms with Gasteiger partial charge in [0, 0.05) is 30.6 Å². The zero-order valence-corrected chi connectivity index (χ0v) is 12.8. The molecule has 2 atom stereocenters. The highest BCUT2D eigenvalue weighted by Crippen LogP contribution is 2.21. The fourth-order valence-electron chi connectivity index (χ4n) is 2.37. The Morgan fingerprint density at radius 1 is 1.60 bits per heavy atom. The molecule has 0 unspecified atom stereocenters. The van der Waals surface area contributed by atoms with E-state index in [1.165, 1.54) is 11.3 Å². The number of carbonyl (C=O) groups excluding carboxylic acids is 2. The van der Waals surface area contributed by atoms with Crippen molar-refractivity contribution >= 4 is 28.3 Å². The van der Waals surface area contributed by atoms with Gasteiger partial charge in [-0.2, -0.15) is 0 Å². The number of hydrogen-bond donors (Lipinski definition) is 1. The second kappa shape index (κ2) is 6.83. The minimum Gasteiger partial charge on any atom is -0.342 e. The van der Waals surface area contributed by atoms with Crippen LogP contribution in [0.2, 0.25) is 0 Å². The van der Waals surface area contributed by atoms with Crippen LogP contribution in [0.1, 0.15) is 33.1 Å². The summed E-state index contributed by atoms with van der Waals surface area (Å²) in [4.78, 5) is 30.3. The smallest absolute Gasteiger partial charge is 0.231 e. The zero-order chi connectivity index (χ0) is 14.5. The average molecular weight is 295 g/mol. The minimum absolute atomic E-state index is 0.0263. The lowest BCUT2D eigenvalue weighted by molar-refractivity contribution is -0.138. The summed E-state index contributed by atoms with van der Waals surface area (Å²) in [6.07, 6.45) is 4.23. The molecule has 0 aliphatic carbocycles. The molecule has 110 valence electrons. The topological polar surface area (TPSA) is 62.3 Å². The predicted molar refractivity (Wildman–Crippen MR) is 79.5 cm³/mol. The summed E-state index contributed by atoms with van der Waals surface area (Å²) in [5.74, 6) is 0.0530. The lowest BCUT2D eigenvalue weighted by Gasteiger charge is -2.33. The van der Waals surface area contributed by atoms with Crippen molar-refractivity contribution in [2.24, 2.45) is 11.8 Å². The van der Waals surface area contributed by atoms with Gasteiger partial charge in [-0.05, 0) is 19.3 Å². The van der Waals surface area contributed by atoms with Gasteiger partial charge in [-0.15, -0.1) is 11.3 Å². The number of likely N-dealkylation sites (tertiary alicyclic amines) is 1. The third-order valence-corrected chi connectivity index (χ3v) is 4.49. The van der Waals surface area contributed by atoms with Crippen LogP contribution in [-0.4, -0.2) is 34.8 Å². The summed E-state index contributed by atoms with van der Waals surface area (Å²) in [5, 5.41) is 5.28. The predicted octanol–water partition coefficient (Wildman–Crippen LogP) is 2.37. The standard InChI is InChI=1S/C14H21N3O2S/c1-3-10(2)13(19)17-7-4-5-11(9-17)12(18)16-14-15-6-8-20-14/h6,8,10-11H,3-5,7,9H2,1-2H3,(H,15,16,18)/t10-,11+/m0/s1. The molecule has 1 aromatic rings. The van der Waals surface area contributed by atoms with Crippen LogP contribution in [-0.2, 0) is 9.59 Å². The molecule has 1 fully saturated rings. The summed E-state index contributed by atoms with van der Waals surface area (Å²) in [7, 11) is 0. The molecule has 0 aromatic carbocycles. The number of hydrogen-bond acceptors (Lipinski definition) is 4. The van der Waals surface area contributed by atoms with Crippen molar-refractivity contribution in [3.63, 3.8) is 0 Å². The lowest BCUT2D eigenvalue weighted by Crippen LogP contribution is -2.45. The molecule has 2 rings (SSSR count). The molecule has 1 N–H and O–H groups in total. The van der Waals surface area contributed by atoms with Gasteiger partial charge in [-0.1, -0.05) is 13.8 Å². The van der Waals surface area contributed by atoms with Gasteiger partial charge in [0.2, 0.25) is 11.8 Å². The Morgan fingerprint density at radius 2 is 2.40 bits per heavy atom. The second-order valence-corrected chi connectivity index (χ2v) is 6.15. The van der Waals surface area contributed by atoms with E-state index in [9.17, 15) is 9.59 Å². The second-order valence-electron chi connectivity index (χ2n) is 5.26. The molecule has 2 heterocycles. The third-order valence-electron chi connectivity index (χ3n) is 3.80. The Morgan fingerprint density at radius 3 is 3.05 bits per heavy atom. The number of anilines is 1. The minimum atomic E-state index is -0.124. The Labute approximate surface area is 123 Å². The molecule has 0 saturated carbocycles. The SMILES string of the molecule is CC[C@H](C)C(=O)N1CCC[C@@H](C(=O)Nc2nccs2)C1. The van der Waals surface area contributed by atoms with Crippen molar-refractivity contribution in [1.29, 1.82) is 0 Å². The highest BCUT2D eigenvalue weighted by atomic mass is 32.1. The van der Waals surface area contributed by atoms with Crippen LogP contribution < -0.4 is 5.32 Å². The Balaban J connectivity index is 1.93. The summed E-state index contributed by atoms with van der Waals surface area (Å²) in [6.45, 7) is 5.26. The fraction of sp³-hybridized carbons (Fsp3) is 0.643. The fourth-order valence-corrected chi connectivity index (χ4v) is 2.90.